The first-order chi connectivity index (χ1) is 18.5. The molecular formula is C30H30N6O2. The first-order valence-corrected chi connectivity index (χ1v) is 12.3. The van der Waals surface area contributed by atoms with Crippen molar-refractivity contribution in [2.75, 3.05) is 31.5 Å². The first-order valence-electron chi connectivity index (χ1n) is 12.3. The SMILES string of the molecule is COc1ccc(CNc2cc(-c3cnc4cc(N(C)Cc5ccc(OC)cc5)ncc4c3)c(C)nn2)cc1. The van der Waals surface area contributed by atoms with Crippen LogP contribution in [0, 0.1) is 6.92 Å². The van der Waals surface area contributed by atoms with E-state index in [0.717, 1.165) is 57.1 Å². The molecule has 192 valence electrons. The molecule has 0 unspecified atom stereocenters. The van der Waals surface area contributed by atoms with Gasteiger partial charge in [0.25, 0.3) is 0 Å². The van der Waals surface area contributed by atoms with Crippen molar-refractivity contribution < 1.29 is 9.47 Å². The highest BCUT2D eigenvalue weighted by Gasteiger charge is 2.11. The summed E-state index contributed by atoms with van der Waals surface area (Å²) in [6.45, 7) is 3.32. The Hall–Kier alpha value is -4.72. The van der Waals surface area contributed by atoms with Crippen LogP contribution < -0.4 is 19.7 Å². The summed E-state index contributed by atoms with van der Waals surface area (Å²) in [5.74, 6) is 3.25. The quantitative estimate of drug-likeness (QED) is 0.274. The molecule has 0 fully saturated rings. The van der Waals surface area contributed by atoms with Gasteiger partial charge in [0, 0.05) is 55.1 Å². The Balaban J connectivity index is 1.32. The minimum absolute atomic E-state index is 0.633. The van der Waals surface area contributed by atoms with E-state index in [9.17, 15) is 0 Å². The Morgan fingerprint density at radius 2 is 1.47 bits per heavy atom. The Morgan fingerprint density at radius 1 is 0.789 bits per heavy atom. The Kier molecular flexibility index (Phi) is 7.31. The van der Waals surface area contributed by atoms with E-state index in [4.69, 9.17) is 19.4 Å². The molecule has 38 heavy (non-hydrogen) atoms. The number of ether oxygens (including phenoxy) is 2. The molecular weight excluding hydrogens is 476 g/mol. The third kappa shape index (κ3) is 5.64. The molecule has 0 atom stereocenters. The van der Waals surface area contributed by atoms with E-state index in [2.05, 4.69) is 38.6 Å². The van der Waals surface area contributed by atoms with Crippen LogP contribution in [-0.4, -0.2) is 41.4 Å². The van der Waals surface area contributed by atoms with E-state index in [1.807, 2.05) is 74.9 Å². The molecule has 0 amide bonds. The second kappa shape index (κ2) is 11.1. The molecule has 0 radical (unpaired) electrons. The lowest BCUT2D eigenvalue weighted by Crippen LogP contribution is -2.17. The van der Waals surface area contributed by atoms with Crippen molar-refractivity contribution in [3.63, 3.8) is 0 Å². The van der Waals surface area contributed by atoms with Gasteiger partial charge in [-0.15, -0.1) is 5.10 Å². The van der Waals surface area contributed by atoms with E-state index in [0.29, 0.717) is 12.4 Å². The fraction of sp³-hybridized carbons (Fsp3) is 0.200. The molecule has 3 heterocycles. The summed E-state index contributed by atoms with van der Waals surface area (Å²) in [5.41, 5.74) is 5.98. The molecule has 0 saturated heterocycles. The topological polar surface area (TPSA) is 85.3 Å². The maximum Gasteiger partial charge on any atom is 0.149 e. The van der Waals surface area contributed by atoms with Crippen molar-refractivity contribution in [3.05, 3.63) is 95.9 Å². The molecule has 1 N–H and O–H groups in total. The molecule has 0 bridgehead atoms. The van der Waals surface area contributed by atoms with Gasteiger partial charge in [-0.25, -0.2) is 4.98 Å². The molecule has 5 aromatic rings. The van der Waals surface area contributed by atoms with E-state index in [-0.39, 0.29) is 0 Å². The highest BCUT2D eigenvalue weighted by Crippen LogP contribution is 2.28. The largest absolute Gasteiger partial charge is 0.497 e. The van der Waals surface area contributed by atoms with Crippen LogP contribution in [-0.2, 0) is 13.1 Å². The van der Waals surface area contributed by atoms with E-state index < -0.39 is 0 Å². The molecule has 8 heteroatoms. The van der Waals surface area contributed by atoms with Gasteiger partial charge in [-0.05, 0) is 54.4 Å². The number of aryl methyl sites for hydroxylation is 1. The van der Waals surface area contributed by atoms with Crippen LogP contribution in [0.25, 0.3) is 22.0 Å². The lowest BCUT2D eigenvalue weighted by atomic mass is 10.1. The fourth-order valence-corrected chi connectivity index (χ4v) is 4.22. The van der Waals surface area contributed by atoms with Gasteiger partial charge in [0.2, 0.25) is 0 Å². The van der Waals surface area contributed by atoms with Crippen LogP contribution >= 0.6 is 0 Å². The van der Waals surface area contributed by atoms with Gasteiger partial charge in [-0.3, -0.25) is 4.98 Å². The second-order valence-corrected chi connectivity index (χ2v) is 9.09. The molecule has 0 aliphatic carbocycles. The number of anilines is 2. The van der Waals surface area contributed by atoms with E-state index in [1.54, 1.807) is 14.2 Å². The molecule has 2 aromatic carbocycles. The Bertz CT molecular complexity index is 1540. The van der Waals surface area contributed by atoms with Crippen LogP contribution in [0.1, 0.15) is 16.8 Å². The van der Waals surface area contributed by atoms with Crippen molar-refractivity contribution in [2.24, 2.45) is 0 Å². The van der Waals surface area contributed by atoms with E-state index in [1.165, 1.54) is 5.56 Å². The zero-order chi connectivity index (χ0) is 26.5. The van der Waals surface area contributed by atoms with Gasteiger partial charge in [-0.2, -0.15) is 5.10 Å². The van der Waals surface area contributed by atoms with Crippen molar-refractivity contribution in [1.82, 2.24) is 20.2 Å². The number of aromatic nitrogens is 4. The normalized spacial score (nSPS) is 10.8. The number of nitrogens with one attached hydrogen (secondary N) is 1. The predicted octanol–water partition coefficient (Wildman–Crippen LogP) is 5.66. The van der Waals surface area contributed by atoms with Crippen LogP contribution in [0.15, 0.2) is 79.1 Å². The van der Waals surface area contributed by atoms with Crippen LogP contribution in [0.4, 0.5) is 11.6 Å². The van der Waals surface area contributed by atoms with Gasteiger partial charge in [0.1, 0.15) is 23.1 Å². The number of benzene rings is 2. The van der Waals surface area contributed by atoms with Crippen LogP contribution in [0.2, 0.25) is 0 Å². The molecule has 0 aliphatic rings. The average Bonchev–Trinajstić information content (AvgIpc) is 2.96. The van der Waals surface area contributed by atoms with Crippen molar-refractivity contribution in [1.29, 1.82) is 0 Å². The zero-order valence-corrected chi connectivity index (χ0v) is 22.0. The number of rotatable bonds is 9. The maximum absolute atomic E-state index is 5.25. The molecule has 0 spiro atoms. The second-order valence-electron chi connectivity index (χ2n) is 9.09. The van der Waals surface area contributed by atoms with Gasteiger partial charge in [-0.1, -0.05) is 24.3 Å². The first kappa shape index (κ1) is 25.0. The summed E-state index contributed by atoms with van der Waals surface area (Å²) in [5, 5.41) is 13.0. The van der Waals surface area contributed by atoms with Crippen LogP contribution in [0.5, 0.6) is 11.5 Å². The summed E-state index contributed by atoms with van der Waals surface area (Å²) in [7, 11) is 5.36. The third-order valence-corrected chi connectivity index (χ3v) is 6.44. The molecule has 0 saturated carbocycles. The monoisotopic (exact) mass is 506 g/mol. The lowest BCUT2D eigenvalue weighted by Gasteiger charge is -2.19. The van der Waals surface area contributed by atoms with Gasteiger partial charge < -0.3 is 19.7 Å². The van der Waals surface area contributed by atoms with Gasteiger partial charge in [0.15, 0.2) is 0 Å². The smallest absolute Gasteiger partial charge is 0.149 e. The van der Waals surface area contributed by atoms with E-state index >= 15 is 0 Å². The standard InChI is InChI=1S/C30H30N6O2/c1-20-27(14-29(35-34-20)32-16-21-5-9-25(37-3)10-6-21)23-13-24-18-33-30(15-28(24)31-17-23)36(2)19-22-7-11-26(38-4)12-8-22/h5-15,17-18H,16,19H2,1-4H3,(H,32,35). The Labute approximate surface area is 222 Å². The number of hydrogen-bond donors (Lipinski definition) is 1. The molecule has 8 nitrogen and oxygen atoms in total. The van der Waals surface area contributed by atoms with Crippen molar-refractivity contribution in [3.8, 4) is 22.6 Å². The minimum Gasteiger partial charge on any atom is -0.497 e. The van der Waals surface area contributed by atoms with Crippen LogP contribution in [0.3, 0.4) is 0 Å². The highest BCUT2D eigenvalue weighted by atomic mass is 16.5. The van der Waals surface area contributed by atoms with Crippen molar-refractivity contribution >= 4 is 22.5 Å². The summed E-state index contributed by atoms with van der Waals surface area (Å²) >= 11 is 0. The summed E-state index contributed by atoms with van der Waals surface area (Å²) < 4.78 is 10.5. The number of nitrogens with zero attached hydrogens (tertiary/aromatic N) is 5. The Morgan fingerprint density at radius 3 is 2.16 bits per heavy atom. The molecule has 0 aliphatic heterocycles. The van der Waals surface area contributed by atoms with Crippen molar-refractivity contribution in [2.45, 2.75) is 20.0 Å². The number of pyridine rings is 2. The van der Waals surface area contributed by atoms with Gasteiger partial charge in [0.05, 0.1) is 25.4 Å². The molecule has 3 aromatic heterocycles. The maximum atomic E-state index is 5.25. The fourth-order valence-electron chi connectivity index (χ4n) is 4.22. The molecule has 5 rings (SSSR count). The summed E-state index contributed by atoms with van der Waals surface area (Å²) in [4.78, 5) is 11.6. The lowest BCUT2D eigenvalue weighted by molar-refractivity contribution is 0.414. The summed E-state index contributed by atoms with van der Waals surface area (Å²) in [6, 6.07) is 22.1. The minimum atomic E-state index is 0.633. The number of methoxy groups -OCH3 is 2. The summed E-state index contributed by atoms with van der Waals surface area (Å²) in [6.07, 6.45) is 3.76. The average molecular weight is 507 g/mol. The predicted molar refractivity (Wildman–Crippen MR) is 151 cm³/mol. The zero-order valence-electron chi connectivity index (χ0n) is 22.0. The number of hydrogen-bond acceptors (Lipinski definition) is 8. The third-order valence-electron chi connectivity index (χ3n) is 6.44. The highest BCUT2D eigenvalue weighted by molar-refractivity contribution is 5.85. The van der Waals surface area contributed by atoms with Gasteiger partial charge >= 0.3 is 0 Å². The number of fused-ring (bicyclic) bond motifs is 1.